The van der Waals surface area contributed by atoms with Gasteiger partial charge in [-0.05, 0) is 49.9 Å². The number of hydrogen-bond donors (Lipinski definition) is 2. The highest BCUT2D eigenvalue weighted by atomic mass is 16.5. The maximum absolute atomic E-state index is 12.6. The molecule has 0 bridgehead atoms. The molecule has 0 aromatic heterocycles. The van der Waals surface area contributed by atoms with Crippen LogP contribution in [0.4, 0.5) is 16.2 Å². The number of carbonyl (C=O) groups is 3. The maximum Gasteiger partial charge on any atom is 0.325 e. The van der Waals surface area contributed by atoms with E-state index in [4.69, 9.17) is 4.74 Å². The molecule has 1 unspecified atom stereocenters. The van der Waals surface area contributed by atoms with Gasteiger partial charge in [0.2, 0.25) is 5.91 Å². The van der Waals surface area contributed by atoms with Crippen LogP contribution in [0.15, 0.2) is 24.3 Å². The Morgan fingerprint density at radius 1 is 1.22 bits per heavy atom. The molecule has 1 aromatic rings. The zero-order valence-electron chi connectivity index (χ0n) is 15.4. The van der Waals surface area contributed by atoms with E-state index in [-0.39, 0.29) is 18.4 Å². The van der Waals surface area contributed by atoms with E-state index in [1.165, 1.54) is 0 Å². The summed E-state index contributed by atoms with van der Waals surface area (Å²) in [6.07, 6.45) is 1.86. The van der Waals surface area contributed by atoms with Crippen molar-refractivity contribution in [3.05, 3.63) is 24.3 Å². The molecule has 1 aliphatic carbocycles. The molecule has 144 valence electrons. The quantitative estimate of drug-likeness (QED) is 0.758. The Labute approximate surface area is 157 Å². The van der Waals surface area contributed by atoms with Crippen LogP contribution in [0.2, 0.25) is 0 Å². The lowest BCUT2D eigenvalue weighted by atomic mass is 9.96. The highest BCUT2D eigenvalue weighted by Crippen LogP contribution is 2.42. The number of carbonyl (C=O) groups excluding carboxylic acids is 3. The normalized spacial score (nSPS) is 25.5. The van der Waals surface area contributed by atoms with Gasteiger partial charge >= 0.3 is 6.03 Å². The molecule has 0 radical (unpaired) electrons. The Balaban J connectivity index is 1.35. The monoisotopic (exact) mass is 372 g/mol. The van der Waals surface area contributed by atoms with Gasteiger partial charge < -0.3 is 20.3 Å². The molecule has 8 nitrogen and oxygen atoms in total. The van der Waals surface area contributed by atoms with Crippen LogP contribution in [-0.2, 0) is 14.3 Å². The molecule has 2 heterocycles. The summed E-state index contributed by atoms with van der Waals surface area (Å²) in [5.41, 5.74) is 0.844. The first-order chi connectivity index (χ1) is 13.0. The van der Waals surface area contributed by atoms with E-state index in [0.29, 0.717) is 18.9 Å². The van der Waals surface area contributed by atoms with Gasteiger partial charge in [-0.1, -0.05) is 0 Å². The second kappa shape index (κ2) is 6.84. The summed E-state index contributed by atoms with van der Waals surface area (Å²) in [5, 5.41) is 5.50. The Kier molecular flexibility index (Phi) is 4.51. The zero-order valence-corrected chi connectivity index (χ0v) is 15.4. The number of nitrogens with one attached hydrogen (secondary N) is 2. The first-order valence-corrected chi connectivity index (χ1v) is 9.34. The molecule has 2 aliphatic heterocycles. The highest BCUT2D eigenvalue weighted by molar-refractivity contribution is 6.10. The van der Waals surface area contributed by atoms with Crippen molar-refractivity contribution in [3.8, 4) is 0 Å². The molecule has 8 heteroatoms. The minimum atomic E-state index is -0.864. The van der Waals surface area contributed by atoms with E-state index in [1.807, 2.05) is 24.3 Å². The fourth-order valence-electron chi connectivity index (χ4n) is 3.72. The molecule has 1 saturated carbocycles. The third kappa shape index (κ3) is 3.49. The van der Waals surface area contributed by atoms with Crippen molar-refractivity contribution in [2.24, 2.45) is 5.92 Å². The van der Waals surface area contributed by atoms with E-state index in [2.05, 4.69) is 15.5 Å². The average Bonchev–Trinajstić information content (AvgIpc) is 3.49. The Hall–Kier alpha value is -2.61. The van der Waals surface area contributed by atoms with Crippen molar-refractivity contribution >= 4 is 29.2 Å². The molecule has 3 fully saturated rings. The van der Waals surface area contributed by atoms with Crippen LogP contribution in [0, 0.1) is 5.92 Å². The zero-order chi connectivity index (χ0) is 19.0. The molecular weight excluding hydrogens is 348 g/mol. The molecule has 2 N–H and O–H groups in total. The highest BCUT2D eigenvalue weighted by Gasteiger charge is 2.56. The minimum Gasteiger partial charge on any atom is -0.378 e. The van der Waals surface area contributed by atoms with Crippen LogP contribution in [0.3, 0.4) is 0 Å². The van der Waals surface area contributed by atoms with Crippen molar-refractivity contribution < 1.29 is 19.1 Å². The van der Waals surface area contributed by atoms with Crippen molar-refractivity contribution in [3.63, 3.8) is 0 Å². The van der Waals surface area contributed by atoms with Gasteiger partial charge in [-0.3, -0.25) is 14.5 Å². The van der Waals surface area contributed by atoms with Crippen LogP contribution in [0.25, 0.3) is 0 Å². The van der Waals surface area contributed by atoms with Crippen LogP contribution in [0.1, 0.15) is 19.8 Å². The second-order valence-electron chi connectivity index (χ2n) is 7.49. The molecule has 4 rings (SSSR count). The Morgan fingerprint density at radius 2 is 1.89 bits per heavy atom. The fourth-order valence-corrected chi connectivity index (χ4v) is 3.72. The van der Waals surface area contributed by atoms with Gasteiger partial charge in [0.25, 0.3) is 5.91 Å². The number of anilines is 2. The van der Waals surface area contributed by atoms with Crippen LogP contribution < -0.4 is 15.5 Å². The lowest BCUT2D eigenvalue weighted by Crippen LogP contribution is -2.46. The molecular formula is C19H24N4O4. The van der Waals surface area contributed by atoms with Crippen molar-refractivity contribution in [2.45, 2.75) is 25.3 Å². The number of amides is 4. The number of nitrogens with zero attached hydrogens (tertiary/aromatic N) is 2. The van der Waals surface area contributed by atoms with Gasteiger partial charge in [-0.25, -0.2) is 4.79 Å². The van der Waals surface area contributed by atoms with E-state index < -0.39 is 17.5 Å². The van der Waals surface area contributed by atoms with Gasteiger partial charge in [-0.15, -0.1) is 0 Å². The topological polar surface area (TPSA) is 91.0 Å². The summed E-state index contributed by atoms with van der Waals surface area (Å²) in [4.78, 5) is 40.3. The number of hydrogen-bond acceptors (Lipinski definition) is 5. The van der Waals surface area contributed by atoms with Gasteiger partial charge in [0.15, 0.2) is 0 Å². The van der Waals surface area contributed by atoms with E-state index in [1.54, 1.807) is 6.92 Å². The molecule has 4 amide bonds. The van der Waals surface area contributed by atoms with Gasteiger partial charge in [0.1, 0.15) is 12.1 Å². The lowest BCUT2D eigenvalue weighted by molar-refractivity contribution is -0.134. The summed E-state index contributed by atoms with van der Waals surface area (Å²) < 4.78 is 5.35. The Morgan fingerprint density at radius 3 is 2.52 bits per heavy atom. The van der Waals surface area contributed by atoms with Crippen LogP contribution >= 0.6 is 0 Å². The lowest BCUT2D eigenvalue weighted by Gasteiger charge is -2.28. The molecule has 1 aromatic carbocycles. The van der Waals surface area contributed by atoms with Gasteiger partial charge in [0, 0.05) is 24.5 Å². The molecule has 27 heavy (non-hydrogen) atoms. The van der Waals surface area contributed by atoms with Crippen molar-refractivity contribution in [1.82, 2.24) is 10.2 Å². The van der Waals surface area contributed by atoms with E-state index in [0.717, 1.165) is 36.5 Å². The second-order valence-corrected chi connectivity index (χ2v) is 7.49. The summed E-state index contributed by atoms with van der Waals surface area (Å²) >= 11 is 0. The summed E-state index contributed by atoms with van der Waals surface area (Å²) in [6, 6.07) is 7.04. The van der Waals surface area contributed by atoms with Crippen molar-refractivity contribution in [1.29, 1.82) is 0 Å². The van der Waals surface area contributed by atoms with Gasteiger partial charge in [0.05, 0.1) is 13.2 Å². The predicted octanol–water partition coefficient (Wildman–Crippen LogP) is 1.18. The SMILES string of the molecule is CC1(C2CC2)NC(=O)N(CC(=O)Nc2ccc(N3CCOCC3)cc2)C1=O. The number of imide groups is 1. The summed E-state index contributed by atoms with van der Waals surface area (Å²) in [7, 11) is 0. The molecule has 3 aliphatic rings. The number of urea groups is 1. The molecule has 2 saturated heterocycles. The Bertz CT molecular complexity index is 755. The number of benzene rings is 1. The standard InChI is InChI=1S/C19H24N4O4/c1-19(13-2-3-13)17(25)23(18(26)21-19)12-16(24)20-14-4-6-15(7-5-14)22-8-10-27-11-9-22/h4-7,13H,2-3,8-12H2,1H3,(H,20,24)(H,21,26). The largest absolute Gasteiger partial charge is 0.378 e. The summed E-state index contributed by atoms with van der Waals surface area (Å²) in [5.74, 6) is -0.528. The first-order valence-electron chi connectivity index (χ1n) is 9.34. The maximum atomic E-state index is 12.6. The number of morpholine rings is 1. The van der Waals surface area contributed by atoms with Crippen LogP contribution in [0.5, 0.6) is 0 Å². The fraction of sp³-hybridized carbons (Fsp3) is 0.526. The third-order valence-corrected chi connectivity index (χ3v) is 5.52. The molecule has 0 spiro atoms. The predicted molar refractivity (Wildman–Crippen MR) is 99.5 cm³/mol. The minimum absolute atomic E-state index is 0.176. The number of ether oxygens (including phenoxy) is 1. The summed E-state index contributed by atoms with van der Waals surface area (Å²) in [6.45, 7) is 4.58. The first kappa shape index (κ1) is 17.8. The smallest absolute Gasteiger partial charge is 0.325 e. The van der Waals surface area contributed by atoms with Gasteiger partial charge in [-0.2, -0.15) is 0 Å². The number of rotatable bonds is 5. The molecule has 1 atom stereocenters. The van der Waals surface area contributed by atoms with Crippen LogP contribution in [-0.4, -0.2) is 61.1 Å². The van der Waals surface area contributed by atoms with E-state index in [9.17, 15) is 14.4 Å². The average molecular weight is 372 g/mol. The van der Waals surface area contributed by atoms with Crippen molar-refractivity contribution in [2.75, 3.05) is 43.1 Å². The van der Waals surface area contributed by atoms with E-state index >= 15 is 0 Å². The third-order valence-electron chi connectivity index (χ3n) is 5.52.